The summed E-state index contributed by atoms with van der Waals surface area (Å²) in [5.74, 6) is 0. The molecule has 4 heteroatoms. The molecule has 0 aliphatic rings. The van der Waals surface area contributed by atoms with Gasteiger partial charge in [-0.25, -0.2) is 0 Å². The van der Waals surface area contributed by atoms with Crippen molar-refractivity contribution < 1.29 is 13.1 Å². The van der Waals surface area contributed by atoms with Crippen LogP contribution in [0.15, 0.2) is 0 Å². The van der Waals surface area contributed by atoms with Crippen LogP contribution in [0.1, 0.15) is 0 Å². The second kappa shape index (κ2) is 8.82. The van der Waals surface area contributed by atoms with E-state index < -0.39 is 0 Å². The molecular formula is H2Cl2CuS. The van der Waals surface area contributed by atoms with E-state index in [2.05, 4.69) is 20.2 Å². The van der Waals surface area contributed by atoms with Gasteiger partial charge in [0.25, 0.3) is 0 Å². The van der Waals surface area contributed by atoms with Gasteiger partial charge < -0.3 is 0 Å². The Labute approximate surface area is 46.9 Å². The zero-order valence-corrected chi connectivity index (χ0v) is 5.01. The summed E-state index contributed by atoms with van der Waals surface area (Å²) in [5, 5.41) is 0. The number of rotatable bonds is 0. The van der Waals surface area contributed by atoms with Crippen molar-refractivity contribution in [3.05, 3.63) is 0 Å². The van der Waals surface area contributed by atoms with Gasteiger partial charge in [0.2, 0.25) is 0 Å². The van der Waals surface area contributed by atoms with Crippen molar-refractivity contribution in [3.63, 3.8) is 0 Å². The molecule has 0 aliphatic heterocycles. The van der Waals surface area contributed by atoms with Crippen LogP contribution in [0.5, 0.6) is 0 Å². The van der Waals surface area contributed by atoms with Crippen LogP contribution in [-0.2, 0) is 13.1 Å². The Morgan fingerprint density at radius 3 is 1.25 bits per heavy atom. The first-order valence-corrected chi connectivity index (χ1v) is 2.82. The molecule has 0 fully saturated rings. The van der Waals surface area contributed by atoms with Gasteiger partial charge in [0, 0.05) is 0 Å². The van der Waals surface area contributed by atoms with Crippen molar-refractivity contribution in [2.45, 2.75) is 0 Å². The van der Waals surface area contributed by atoms with Gasteiger partial charge >= 0.3 is 33.3 Å². The summed E-state index contributed by atoms with van der Waals surface area (Å²) in [5.41, 5.74) is 0. The molecule has 0 aliphatic carbocycles. The molecular weight excluding hydrogens is 167 g/mol. The minimum atomic E-state index is 0. The van der Waals surface area contributed by atoms with Gasteiger partial charge in [-0.05, 0) is 0 Å². The minimum absolute atomic E-state index is 0. The third kappa shape index (κ3) is 9.85. The van der Waals surface area contributed by atoms with Crippen molar-refractivity contribution >= 4 is 33.7 Å². The van der Waals surface area contributed by atoms with Gasteiger partial charge in [0.15, 0.2) is 0 Å². The molecule has 0 aromatic carbocycles. The fourth-order valence-corrected chi connectivity index (χ4v) is 0. The predicted octanol–water partition coefficient (Wildman–Crippen LogP) is 1.49. The summed E-state index contributed by atoms with van der Waals surface area (Å²) in [6, 6.07) is 0. The summed E-state index contributed by atoms with van der Waals surface area (Å²) in [6.45, 7) is 0. The topological polar surface area (TPSA) is 0 Å². The normalized spacial score (nSPS) is 5.50. The molecule has 0 bridgehead atoms. The van der Waals surface area contributed by atoms with Gasteiger partial charge in [0.05, 0.1) is 0 Å². The van der Waals surface area contributed by atoms with Crippen molar-refractivity contribution in [1.82, 2.24) is 0 Å². The zero-order chi connectivity index (χ0) is 2.71. The van der Waals surface area contributed by atoms with Crippen LogP contribution in [0.4, 0.5) is 0 Å². The van der Waals surface area contributed by atoms with Crippen LogP contribution in [0.25, 0.3) is 0 Å². The first-order chi connectivity index (χ1) is 1.41. The Bertz CT molecular complexity index is 6.00. The van der Waals surface area contributed by atoms with Gasteiger partial charge in [-0.1, -0.05) is 0 Å². The molecule has 0 heterocycles. The number of hydrogen-bond acceptors (Lipinski definition) is 0. The van der Waals surface area contributed by atoms with Gasteiger partial charge in [-0.2, -0.15) is 13.5 Å². The fraction of sp³-hybridized carbons (Fsp3) is 0. The maximum atomic E-state index is 4.67. The standard InChI is InChI=1S/2ClH.Cu.H2S/h2*1H;;1H2/q;;+2;/p-2. The molecule has 0 unspecified atom stereocenters. The molecule has 0 radical (unpaired) electrons. The first kappa shape index (κ1) is 9.07. The van der Waals surface area contributed by atoms with E-state index >= 15 is 0 Å². The Hall–Kier alpha value is 1.45. The van der Waals surface area contributed by atoms with Gasteiger partial charge in [-0.15, -0.1) is 0 Å². The van der Waals surface area contributed by atoms with E-state index in [1.165, 1.54) is 0 Å². The molecule has 33 valence electrons. The molecule has 0 spiro atoms. The fourth-order valence-electron chi connectivity index (χ4n) is 0. The molecule has 0 N–H and O–H groups in total. The second-order valence-corrected chi connectivity index (χ2v) is 1.60. The zero-order valence-electron chi connectivity index (χ0n) is 1.56. The molecule has 4 heavy (non-hydrogen) atoms. The summed E-state index contributed by atoms with van der Waals surface area (Å²) in [6.07, 6.45) is 0. The summed E-state index contributed by atoms with van der Waals surface area (Å²) in [7, 11) is 9.34. The third-order valence-electron chi connectivity index (χ3n) is 0. The molecule has 0 rings (SSSR count). The van der Waals surface area contributed by atoms with Crippen molar-refractivity contribution in [2.75, 3.05) is 0 Å². The SMILES string of the molecule is S.[Cl][Cu][Cl]. The van der Waals surface area contributed by atoms with Gasteiger partial charge in [0.1, 0.15) is 0 Å². The van der Waals surface area contributed by atoms with E-state index in [1.54, 1.807) is 0 Å². The quantitative estimate of drug-likeness (QED) is 0.481. The van der Waals surface area contributed by atoms with Crippen LogP contribution >= 0.6 is 33.7 Å². The van der Waals surface area contributed by atoms with Crippen LogP contribution < -0.4 is 0 Å². The third-order valence-corrected chi connectivity index (χ3v) is 0. The van der Waals surface area contributed by atoms with Crippen LogP contribution in [0, 0.1) is 0 Å². The molecule has 0 saturated heterocycles. The molecule has 0 nitrogen and oxygen atoms in total. The predicted molar refractivity (Wildman–Crippen MR) is 22.1 cm³/mol. The summed E-state index contributed by atoms with van der Waals surface area (Å²) >= 11 is 0.757. The average molecular weight is 169 g/mol. The van der Waals surface area contributed by atoms with E-state index in [4.69, 9.17) is 0 Å². The summed E-state index contributed by atoms with van der Waals surface area (Å²) < 4.78 is 0. The number of halogens is 2. The Kier molecular flexibility index (Phi) is 20.0. The van der Waals surface area contributed by atoms with Crippen LogP contribution in [-0.4, -0.2) is 0 Å². The van der Waals surface area contributed by atoms with E-state index in [0.29, 0.717) is 0 Å². The molecule has 0 saturated carbocycles. The van der Waals surface area contributed by atoms with E-state index in [0.717, 1.165) is 13.1 Å². The first-order valence-electron chi connectivity index (χ1n) is 0.228. The average Bonchev–Trinajstić information content (AvgIpc) is 0.918. The second-order valence-electron chi connectivity index (χ2n) is 0.0431. The van der Waals surface area contributed by atoms with Crippen molar-refractivity contribution in [2.24, 2.45) is 0 Å². The molecule has 0 aromatic heterocycles. The Balaban J connectivity index is 0. The van der Waals surface area contributed by atoms with E-state index in [9.17, 15) is 0 Å². The Morgan fingerprint density at radius 1 is 1.25 bits per heavy atom. The molecule has 0 amide bonds. The maximum absolute atomic E-state index is 4.67. The number of hydrogen-bond donors (Lipinski definition) is 0. The van der Waals surface area contributed by atoms with Gasteiger partial charge in [-0.3, -0.25) is 0 Å². The monoisotopic (exact) mass is 167 g/mol. The van der Waals surface area contributed by atoms with Crippen molar-refractivity contribution in [1.29, 1.82) is 0 Å². The van der Waals surface area contributed by atoms with Crippen molar-refractivity contribution in [3.8, 4) is 0 Å². The van der Waals surface area contributed by atoms with E-state index in [-0.39, 0.29) is 13.5 Å². The Morgan fingerprint density at radius 2 is 1.25 bits per heavy atom. The molecule has 0 atom stereocenters. The molecule has 0 aromatic rings. The van der Waals surface area contributed by atoms with Crippen LogP contribution in [0.2, 0.25) is 0 Å². The van der Waals surface area contributed by atoms with Crippen LogP contribution in [0.3, 0.4) is 0 Å². The summed E-state index contributed by atoms with van der Waals surface area (Å²) in [4.78, 5) is 0. The van der Waals surface area contributed by atoms with E-state index in [1.807, 2.05) is 0 Å².